The predicted molar refractivity (Wildman–Crippen MR) is 55.3 cm³/mol. The molecular weight excluding hydrogens is 243 g/mol. The molecule has 2 nitrogen and oxygen atoms in total. The first kappa shape index (κ1) is 13.6. The van der Waals surface area contributed by atoms with Crippen LogP contribution < -0.4 is 0 Å². The highest BCUT2D eigenvalue weighted by atomic mass is 35.5. The van der Waals surface area contributed by atoms with Gasteiger partial charge in [0.15, 0.2) is 0 Å². The molecule has 1 rings (SSSR count). The largest absolute Gasteiger partial charge is 0.397 e. The second kappa shape index (κ2) is 5.25. The van der Waals surface area contributed by atoms with Crippen molar-refractivity contribution in [3.8, 4) is 0 Å². The number of halogens is 4. The van der Waals surface area contributed by atoms with Gasteiger partial charge >= 0.3 is 6.18 Å². The van der Waals surface area contributed by atoms with Crippen LogP contribution in [-0.2, 0) is 4.79 Å². The number of hydrogen-bond donors (Lipinski definition) is 0. The molecule has 16 heavy (non-hydrogen) atoms. The van der Waals surface area contributed by atoms with Gasteiger partial charge in [0.25, 0.3) is 0 Å². The summed E-state index contributed by atoms with van der Waals surface area (Å²) < 4.78 is 36.0. The normalized spacial score (nSPS) is 20.9. The third kappa shape index (κ3) is 4.20. The van der Waals surface area contributed by atoms with Crippen molar-refractivity contribution < 1.29 is 18.0 Å². The van der Waals surface area contributed by atoms with Crippen molar-refractivity contribution in [1.82, 2.24) is 4.90 Å². The summed E-state index contributed by atoms with van der Waals surface area (Å²) in [5.41, 5.74) is 0. The van der Waals surface area contributed by atoms with Gasteiger partial charge in [-0.1, -0.05) is 0 Å². The van der Waals surface area contributed by atoms with Crippen molar-refractivity contribution >= 4 is 17.5 Å². The van der Waals surface area contributed by atoms with Crippen LogP contribution in [-0.4, -0.2) is 35.4 Å². The predicted octanol–water partition coefficient (Wildman–Crippen LogP) is 2.80. The van der Waals surface area contributed by atoms with Gasteiger partial charge < -0.3 is 4.90 Å². The van der Waals surface area contributed by atoms with E-state index in [1.807, 2.05) is 6.92 Å². The molecule has 1 heterocycles. The van der Waals surface area contributed by atoms with Gasteiger partial charge in [-0.05, 0) is 25.7 Å². The average molecular weight is 258 g/mol. The number of rotatable bonds is 2. The van der Waals surface area contributed by atoms with Gasteiger partial charge in [0, 0.05) is 18.5 Å². The lowest BCUT2D eigenvalue weighted by molar-refractivity contribution is -0.162. The Morgan fingerprint density at radius 2 is 1.94 bits per heavy atom. The second-order valence-electron chi connectivity index (χ2n) is 4.19. The minimum atomic E-state index is -4.41. The second-order valence-corrected chi connectivity index (χ2v) is 4.88. The Morgan fingerprint density at radius 1 is 1.44 bits per heavy atom. The van der Waals surface area contributed by atoms with Crippen LogP contribution in [0.4, 0.5) is 13.2 Å². The monoisotopic (exact) mass is 257 g/mol. The molecule has 0 N–H and O–H groups in total. The molecule has 0 spiro atoms. The third-order valence-electron chi connectivity index (χ3n) is 2.89. The highest BCUT2D eigenvalue weighted by Gasteiger charge is 2.35. The molecule has 0 saturated carbocycles. The summed E-state index contributed by atoms with van der Waals surface area (Å²) in [7, 11) is 0. The lowest BCUT2D eigenvalue weighted by atomic mass is 9.94. The van der Waals surface area contributed by atoms with E-state index in [0.29, 0.717) is 31.8 Å². The molecule has 1 aliphatic rings. The van der Waals surface area contributed by atoms with Crippen molar-refractivity contribution in [3.05, 3.63) is 0 Å². The molecule has 0 aromatic carbocycles. The molecule has 0 bridgehead atoms. The molecule has 1 fully saturated rings. The lowest BCUT2D eigenvalue weighted by Gasteiger charge is -2.33. The Bertz CT molecular complexity index is 247. The highest BCUT2D eigenvalue weighted by molar-refractivity contribution is 6.20. The Hall–Kier alpha value is -0.450. The third-order valence-corrected chi connectivity index (χ3v) is 3.25. The zero-order valence-corrected chi connectivity index (χ0v) is 9.81. The average Bonchev–Trinajstić information content (AvgIpc) is 2.15. The number of likely N-dealkylation sites (tertiary alicyclic amines) is 1. The minimum absolute atomic E-state index is 0.0138. The van der Waals surface area contributed by atoms with Gasteiger partial charge in [-0.25, -0.2) is 0 Å². The van der Waals surface area contributed by atoms with Crippen molar-refractivity contribution in [2.45, 2.75) is 37.7 Å². The van der Waals surface area contributed by atoms with Gasteiger partial charge in [0.05, 0.1) is 0 Å². The van der Waals surface area contributed by atoms with Crippen LogP contribution in [0, 0.1) is 5.92 Å². The van der Waals surface area contributed by atoms with E-state index in [4.69, 9.17) is 11.6 Å². The molecule has 1 unspecified atom stereocenters. The first-order valence-electron chi connectivity index (χ1n) is 5.28. The van der Waals surface area contributed by atoms with Crippen molar-refractivity contribution in [2.24, 2.45) is 5.92 Å². The Labute approximate surface area is 97.7 Å². The number of carbonyl (C=O) groups is 1. The molecule has 1 aliphatic heterocycles. The van der Waals surface area contributed by atoms with E-state index in [1.165, 1.54) is 4.90 Å². The topological polar surface area (TPSA) is 20.3 Å². The van der Waals surface area contributed by atoms with Gasteiger partial charge in [-0.2, -0.15) is 13.2 Å². The number of carbonyl (C=O) groups excluding carboxylic acids is 1. The van der Waals surface area contributed by atoms with Crippen LogP contribution in [0.3, 0.4) is 0 Å². The van der Waals surface area contributed by atoms with E-state index in [-0.39, 0.29) is 5.38 Å². The fraction of sp³-hybridized carbons (Fsp3) is 0.900. The standard InChI is InChI=1S/C10H15ClF3NO/c1-7(11)8-2-4-15(5-3-8)9(16)6-10(12,13)14/h7-8H,2-6H2,1H3. The summed E-state index contributed by atoms with van der Waals surface area (Å²) in [6.07, 6.45) is -4.38. The van der Waals surface area contributed by atoms with Crippen LogP contribution in [0.25, 0.3) is 0 Å². The highest BCUT2D eigenvalue weighted by Crippen LogP contribution is 2.26. The van der Waals surface area contributed by atoms with E-state index >= 15 is 0 Å². The van der Waals surface area contributed by atoms with Gasteiger partial charge in [-0.15, -0.1) is 11.6 Å². The maximum Gasteiger partial charge on any atom is 0.397 e. The van der Waals surface area contributed by atoms with Crippen LogP contribution in [0.2, 0.25) is 0 Å². The fourth-order valence-corrected chi connectivity index (χ4v) is 2.14. The molecule has 0 aliphatic carbocycles. The molecule has 0 radical (unpaired) electrons. The quantitative estimate of drug-likeness (QED) is 0.697. The summed E-state index contributed by atoms with van der Waals surface area (Å²) in [6, 6.07) is 0. The maximum atomic E-state index is 12.0. The maximum absolute atomic E-state index is 12.0. The number of amides is 1. The van der Waals surface area contributed by atoms with Crippen LogP contribution >= 0.6 is 11.6 Å². The number of alkyl halides is 4. The summed E-state index contributed by atoms with van der Waals surface area (Å²) in [5, 5.41) is 0.0138. The first-order valence-corrected chi connectivity index (χ1v) is 5.72. The lowest BCUT2D eigenvalue weighted by Crippen LogP contribution is -2.41. The summed E-state index contributed by atoms with van der Waals surface area (Å²) in [6.45, 7) is 2.65. The Kier molecular flexibility index (Phi) is 4.47. The van der Waals surface area contributed by atoms with Gasteiger partial charge in [0.2, 0.25) is 5.91 Å². The molecule has 1 amide bonds. The number of hydrogen-bond acceptors (Lipinski definition) is 1. The SMILES string of the molecule is CC(Cl)C1CCN(C(=O)CC(F)(F)F)CC1. The van der Waals surface area contributed by atoms with E-state index in [9.17, 15) is 18.0 Å². The summed E-state index contributed by atoms with van der Waals surface area (Å²) >= 11 is 5.91. The van der Waals surface area contributed by atoms with Gasteiger partial charge in [0.1, 0.15) is 6.42 Å². The molecule has 6 heteroatoms. The van der Waals surface area contributed by atoms with Crippen molar-refractivity contribution in [3.63, 3.8) is 0 Å². The van der Waals surface area contributed by atoms with E-state index in [0.717, 1.165) is 0 Å². The molecule has 0 aromatic heterocycles. The zero-order chi connectivity index (χ0) is 12.3. The summed E-state index contributed by atoms with van der Waals surface area (Å²) in [5.74, 6) is -0.523. The van der Waals surface area contributed by atoms with Crippen LogP contribution in [0.1, 0.15) is 26.2 Å². The van der Waals surface area contributed by atoms with E-state index < -0.39 is 18.5 Å². The van der Waals surface area contributed by atoms with Crippen LogP contribution in [0.5, 0.6) is 0 Å². The number of piperidine rings is 1. The van der Waals surface area contributed by atoms with E-state index in [1.54, 1.807) is 0 Å². The fourth-order valence-electron chi connectivity index (χ4n) is 1.89. The zero-order valence-electron chi connectivity index (χ0n) is 9.06. The molecule has 1 atom stereocenters. The van der Waals surface area contributed by atoms with Gasteiger partial charge in [-0.3, -0.25) is 4.79 Å². The molecule has 1 saturated heterocycles. The molecule has 94 valence electrons. The Morgan fingerprint density at radius 3 is 2.31 bits per heavy atom. The Balaban J connectivity index is 2.39. The molecule has 0 aromatic rings. The van der Waals surface area contributed by atoms with Crippen molar-refractivity contribution in [2.75, 3.05) is 13.1 Å². The first-order chi connectivity index (χ1) is 7.29. The smallest absolute Gasteiger partial charge is 0.342 e. The molecular formula is C10H15ClF3NO. The van der Waals surface area contributed by atoms with E-state index in [2.05, 4.69) is 0 Å². The minimum Gasteiger partial charge on any atom is -0.342 e. The summed E-state index contributed by atoms with van der Waals surface area (Å²) in [4.78, 5) is 12.5. The number of nitrogens with zero attached hydrogens (tertiary/aromatic N) is 1. The van der Waals surface area contributed by atoms with Crippen LogP contribution in [0.15, 0.2) is 0 Å². The van der Waals surface area contributed by atoms with Crippen molar-refractivity contribution in [1.29, 1.82) is 0 Å².